The first-order chi connectivity index (χ1) is 16.0. The van der Waals surface area contributed by atoms with Crippen molar-refractivity contribution in [3.05, 3.63) is 48.4 Å². The van der Waals surface area contributed by atoms with Crippen LogP contribution in [0.25, 0.3) is 33.4 Å². The number of alkyl halides is 2. The molecule has 0 bridgehead atoms. The number of methoxy groups -OCH3 is 1. The summed E-state index contributed by atoms with van der Waals surface area (Å²) in [4.78, 5) is 15.7. The van der Waals surface area contributed by atoms with Crippen LogP contribution in [0, 0.1) is 0 Å². The molecule has 1 fully saturated rings. The molecule has 0 unspecified atom stereocenters. The van der Waals surface area contributed by atoms with Gasteiger partial charge < -0.3 is 14.4 Å². The van der Waals surface area contributed by atoms with E-state index in [1.165, 1.54) is 13.2 Å². The van der Waals surface area contributed by atoms with E-state index < -0.39 is 5.92 Å². The lowest BCUT2D eigenvalue weighted by molar-refractivity contribution is 0.0171. The van der Waals surface area contributed by atoms with Crippen LogP contribution in [0.5, 0.6) is 5.88 Å². The van der Waals surface area contributed by atoms with Crippen molar-refractivity contribution < 1.29 is 18.3 Å². The molecular formula is C23H22F2N6O2. The molecule has 1 saturated heterocycles. The second-order valence-electron chi connectivity index (χ2n) is 7.82. The molecule has 1 aliphatic rings. The van der Waals surface area contributed by atoms with Crippen LogP contribution in [-0.2, 0) is 10.7 Å². The summed E-state index contributed by atoms with van der Waals surface area (Å²) in [6.45, 7) is 3.35. The van der Waals surface area contributed by atoms with E-state index in [0.29, 0.717) is 60.2 Å². The van der Waals surface area contributed by atoms with E-state index in [4.69, 9.17) is 14.5 Å². The van der Waals surface area contributed by atoms with Gasteiger partial charge in [0.25, 0.3) is 5.92 Å². The van der Waals surface area contributed by atoms with E-state index in [2.05, 4.69) is 25.1 Å². The molecular weight excluding hydrogens is 430 g/mol. The van der Waals surface area contributed by atoms with Crippen molar-refractivity contribution in [3.8, 4) is 28.4 Å². The number of halogens is 2. The molecule has 33 heavy (non-hydrogen) atoms. The van der Waals surface area contributed by atoms with Crippen molar-refractivity contribution in [2.24, 2.45) is 0 Å². The van der Waals surface area contributed by atoms with E-state index in [0.717, 1.165) is 18.5 Å². The van der Waals surface area contributed by atoms with Gasteiger partial charge in [0.2, 0.25) is 5.88 Å². The largest absolute Gasteiger partial charge is 0.481 e. The standard InChI is InChI=1S/C23H22F2N6O2/c1-23(24,25)14-11-17(22(32-2)27-13-14)16-12-19(31-7-9-33-10-8-31)29-20-15(16)3-5-26-21(20)18-4-6-28-30-18/h3-6,11-13H,7-10H2,1-2H3,(H,28,30). The van der Waals surface area contributed by atoms with E-state index in [-0.39, 0.29) is 11.4 Å². The predicted octanol–water partition coefficient (Wildman–Crippen LogP) is 4.04. The van der Waals surface area contributed by atoms with Crippen molar-refractivity contribution in [1.29, 1.82) is 0 Å². The minimum atomic E-state index is -3.05. The molecule has 0 amide bonds. The number of morpholine rings is 1. The molecule has 5 rings (SSSR count). The fourth-order valence-corrected chi connectivity index (χ4v) is 3.95. The van der Waals surface area contributed by atoms with Crippen molar-refractivity contribution >= 4 is 16.7 Å². The first kappa shape index (κ1) is 21.2. The van der Waals surface area contributed by atoms with Crippen molar-refractivity contribution in [2.75, 3.05) is 38.3 Å². The zero-order valence-corrected chi connectivity index (χ0v) is 18.2. The average Bonchev–Trinajstić information content (AvgIpc) is 3.37. The Bertz CT molecular complexity index is 1280. The van der Waals surface area contributed by atoms with Gasteiger partial charge in [-0.2, -0.15) is 5.10 Å². The lowest BCUT2D eigenvalue weighted by Crippen LogP contribution is -2.36. The molecule has 0 aliphatic carbocycles. The zero-order chi connectivity index (χ0) is 23.0. The van der Waals surface area contributed by atoms with Gasteiger partial charge >= 0.3 is 0 Å². The molecule has 0 aromatic carbocycles. The molecule has 10 heteroatoms. The summed E-state index contributed by atoms with van der Waals surface area (Å²) in [5, 5.41) is 7.70. The fourth-order valence-electron chi connectivity index (χ4n) is 3.95. The number of nitrogens with zero attached hydrogens (tertiary/aromatic N) is 5. The van der Waals surface area contributed by atoms with Crippen LogP contribution >= 0.6 is 0 Å². The molecule has 170 valence electrons. The average molecular weight is 452 g/mol. The normalized spacial score (nSPS) is 14.6. The Kier molecular flexibility index (Phi) is 5.37. The second kappa shape index (κ2) is 8.36. The number of aromatic amines is 1. The Hall–Kier alpha value is -3.66. The van der Waals surface area contributed by atoms with Gasteiger partial charge in [-0.05, 0) is 24.3 Å². The third-order valence-electron chi connectivity index (χ3n) is 5.65. The molecule has 4 aromatic heterocycles. The molecule has 0 spiro atoms. The summed E-state index contributed by atoms with van der Waals surface area (Å²) in [7, 11) is 1.47. The quantitative estimate of drug-likeness (QED) is 0.489. The van der Waals surface area contributed by atoms with Crippen LogP contribution in [0.3, 0.4) is 0 Å². The highest BCUT2D eigenvalue weighted by Crippen LogP contribution is 2.40. The Morgan fingerprint density at radius 3 is 2.61 bits per heavy atom. The van der Waals surface area contributed by atoms with Gasteiger partial charge in [0, 0.05) is 60.7 Å². The van der Waals surface area contributed by atoms with E-state index in [1.807, 2.05) is 18.2 Å². The number of anilines is 1. The van der Waals surface area contributed by atoms with Gasteiger partial charge in [-0.1, -0.05) is 0 Å². The Labute approximate surface area is 188 Å². The monoisotopic (exact) mass is 452 g/mol. The minimum Gasteiger partial charge on any atom is -0.481 e. The third-order valence-corrected chi connectivity index (χ3v) is 5.65. The molecule has 4 aromatic rings. The van der Waals surface area contributed by atoms with Crippen LogP contribution in [0.2, 0.25) is 0 Å². The molecule has 1 N–H and O–H groups in total. The lowest BCUT2D eigenvalue weighted by Gasteiger charge is -2.28. The summed E-state index contributed by atoms with van der Waals surface area (Å²) in [5.74, 6) is -2.10. The topological polar surface area (TPSA) is 89.0 Å². The number of fused-ring (bicyclic) bond motifs is 1. The van der Waals surface area contributed by atoms with Gasteiger partial charge in [0.1, 0.15) is 17.0 Å². The van der Waals surface area contributed by atoms with Crippen LogP contribution in [0.4, 0.5) is 14.6 Å². The molecule has 0 radical (unpaired) electrons. The van der Waals surface area contributed by atoms with Gasteiger partial charge in [0.05, 0.1) is 26.0 Å². The van der Waals surface area contributed by atoms with Crippen molar-refractivity contribution in [2.45, 2.75) is 12.8 Å². The van der Waals surface area contributed by atoms with Crippen LogP contribution in [0.15, 0.2) is 42.9 Å². The van der Waals surface area contributed by atoms with Gasteiger partial charge in [-0.25, -0.2) is 18.7 Å². The predicted molar refractivity (Wildman–Crippen MR) is 120 cm³/mol. The highest BCUT2D eigenvalue weighted by molar-refractivity contribution is 6.02. The summed E-state index contributed by atoms with van der Waals surface area (Å²) in [6.07, 6.45) is 4.45. The smallest absolute Gasteiger partial charge is 0.272 e. The number of nitrogens with one attached hydrogen (secondary N) is 1. The van der Waals surface area contributed by atoms with Gasteiger partial charge in [-0.15, -0.1) is 0 Å². The second-order valence-corrected chi connectivity index (χ2v) is 7.82. The third kappa shape index (κ3) is 3.97. The summed E-state index contributed by atoms with van der Waals surface area (Å²) >= 11 is 0. The van der Waals surface area contributed by atoms with Gasteiger partial charge in [-0.3, -0.25) is 10.1 Å². The Morgan fingerprint density at radius 2 is 1.91 bits per heavy atom. The van der Waals surface area contributed by atoms with E-state index in [1.54, 1.807) is 12.4 Å². The molecule has 8 nitrogen and oxygen atoms in total. The zero-order valence-electron chi connectivity index (χ0n) is 18.2. The summed E-state index contributed by atoms with van der Waals surface area (Å²) in [5.41, 5.74) is 2.89. The number of aromatic nitrogens is 5. The number of pyridine rings is 3. The summed E-state index contributed by atoms with van der Waals surface area (Å²) in [6, 6.07) is 6.95. The molecule has 1 aliphatic heterocycles. The lowest BCUT2D eigenvalue weighted by atomic mass is 9.98. The Balaban J connectivity index is 1.81. The minimum absolute atomic E-state index is 0.195. The first-order valence-corrected chi connectivity index (χ1v) is 10.5. The highest BCUT2D eigenvalue weighted by atomic mass is 19.3. The molecule has 0 atom stereocenters. The summed E-state index contributed by atoms with van der Waals surface area (Å²) < 4.78 is 39.3. The fraction of sp³-hybridized carbons (Fsp3) is 0.304. The van der Waals surface area contributed by atoms with Crippen molar-refractivity contribution in [3.63, 3.8) is 0 Å². The number of ether oxygens (including phenoxy) is 2. The SMILES string of the molecule is COc1ncc(C(C)(F)F)cc1-c1cc(N2CCOCC2)nc2c(-c3ccn[nH]3)nccc12. The van der Waals surface area contributed by atoms with E-state index in [9.17, 15) is 8.78 Å². The van der Waals surface area contributed by atoms with Gasteiger partial charge in [0.15, 0.2) is 0 Å². The maximum atomic E-state index is 14.2. The van der Waals surface area contributed by atoms with E-state index >= 15 is 0 Å². The molecule has 0 saturated carbocycles. The highest BCUT2D eigenvalue weighted by Gasteiger charge is 2.28. The maximum Gasteiger partial charge on any atom is 0.272 e. The number of rotatable bonds is 5. The number of hydrogen-bond donors (Lipinski definition) is 1. The van der Waals surface area contributed by atoms with Crippen LogP contribution in [0.1, 0.15) is 12.5 Å². The number of H-pyrrole nitrogens is 1. The maximum absolute atomic E-state index is 14.2. The van der Waals surface area contributed by atoms with Crippen LogP contribution < -0.4 is 9.64 Å². The molecule has 5 heterocycles. The van der Waals surface area contributed by atoms with Crippen molar-refractivity contribution in [1.82, 2.24) is 25.1 Å². The Morgan fingerprint density at radius 1 is 1.09 bits per heavy atom. The first-order valence-electron chi connectivity index (χ1n) is 10.5. The number of hydrogen-bond acceptors (Lipinski definition) is 7. The van der Waals surface area contributed by atoms with Crippen LogP contribution in [-0.4, -0.2) is 58.6 Å².